The van der Waals surface area contributed by atoms with Gasteiger partial charge in [0.1, 0.15) is 11.0 Å². The first kappa shape index (κ1) is 12.7. The fourth-order valence-electron chi connectivity index (χ4n) is 1.24. The topological polar surface area (TPSA) is 75.1 Å². The Balaban J connectivity index is 2.71. The zero-order chi connectivity index (χ0) is 12.1. The summed E-state index contributed by atoms with van der Waals surface area (Å²) in [5.41, 5.74) is 0. The molecule has 0 radical (unpaired) electrons. The van der Waals surface area contributed by atoms with Gasteiger partial charge >= 0.3 is 5.97 Å². The molecule has 0 aromatic carbocycles. The Labute approximate surface area is 98.9 Å². The van der Waals surface area contributed by atoms with Crippen molar-refractivity contribution in [3.8, 4) is 0 Å². The molecule has 0 aliphatic heterocycles. The highest BCUT2D eigenvalue weighted by Gasteiger charge is 2.17. The molecule has 5 nitrogen and oxygen atoms in total. The SMILES string of the molecule is CC(C)C(CC(=O)O)Nc1cncc(Cl)n1. The first-order chi connectivity index (χ1) is 7.49. The van der Waals surface area contributed by atoms with E-state index >= 15 is 0 Å². The standard InChI is InChI=1S/C10H14ClN3O2/c1-6(2)7(3-10(15)16)13-9-5-12-4-8(11)14-9/h4-7H,3H2,1-2H3,(H,13,14)(H,15,16). The van der Waals surface area contributed by atoms with Gasteiger partial charge in [-0.25, -0.2) is 4.98 Å². The molecule has 1 atom stereocenters. The maximum atomic E-state index is 10.7. The third kappa shape index (κ3) is 4.02. The Bertz CT molecular complexity index is 371. The van der Waals surface area contributed by atoms with E-state index in [9.17, 15) is 4.79 Å². The molecule has 0 amide bonds. The normalized spacial score (nSPS) is 12.5. The molecule has 0 aliphatic rings. The van der Waals surface area contributed by atoms with Gasteiger partial charge in [-0.2, -0.15) is 0 Å². The molecule has 6 heteroatoms. The van der Waals surface area contributed by atoms with Crippen LogP contribution in [-0.2, 0) is 4.79 Å². The third-order valence-electron chi connectivity index (χ3n) is 2.14. The van der Waals surface area contributed by atoms with E-state index in [2.05, 4.69) is 15.3 Å². The summed E-state index contributed by atoms with van der Waals surface area (Å²) >= 11 is 5.68. The van der Waals surface area contributed by atoms with Gasteiger partial charge in [0, 0.05) is 6.04 Å². The van der Waals surface area contributed by atoms with Gasteiger partial charge in [0.05, 0.1) is 18.8 Å². The number of nitrogens with one attached hydrogen (secondary N) is 1. The number of carboxylic acids is 1. The first-order valence-electron chi connectivity index (χ1n) is 4.95. The van der Waals surface area contributed by atoms with Gasteiger partial charge < -0.3 is 10.4 Å². The van der Waals surface area contributed by atoms with E-state index in [0.717, 1.165) is 0 Å². The van der Waals surface area contributed by atoms with E-state index in [1.807, 2.05) is 13.8 Å². The van der Waals surface area contributed by atoms with Gasteiger partial charge in [0.25, 0.3) is 0 Å². The van der Waals surface area contributed by atoms with Crippen molar-refractivity contribution in [3.63, 3.8) is 0 Å². The summed E-state index contributed by atoms with van der Waals surface area (Å²) in [7, 11) is 0. The van der Waals surface area contributed by atoms with Gasteiger partial charge in [-0.15, -0.1) is 0 Å². The second kappa shape index (κ2) is 5.65. The molecule has 88 valence electrons. The molecule has 0 saturated carbocycles. The van der Waals surface area contributed by atoms with Gasteiger partial charge in [0.2, 0.25) is 0 Å². The summed E-state index contributed by atoms with van der Waals surface area (Å²) in [6, 6.07) is -0.190. The third-order valence-corrected chi connectivity index (χ3v) is 2.32. The monoisotopic (exact) mass is 243 g/mol. The molecule has 0 saturated heterocycles. The summed E-state index contributed by atoms with van der Waals surface area (Å²) in [6.07, 6.45) is 2.98. The van der Waals surface area contributed by atoms with Crippen LogP contribution in [0.1, 0.15) is 20.3 Å². The van der Waals surface area contributed by atoms with E-state index in [4.69, 9.17) is 16.7 Å². The molecule has 1 heterocycles. The lowest BCUT2D eigenvalue weighted by Gasteiger charge is -2.20. The van der Waals surface area contributed by atoms with Gasteiger partial charge in [-0.05, 0) is 5.92 Å². The summed E-state index contributed by atoms with van der Waals surface area (Å²) < 4.78 is 0. The largest absolute Gasteiger partial charge is 0.481 e. The maximum Gasteiger partial charge on any atom is 0.305 e. The van der Waals surface area contributed by atoms with Crippen LogP contribution in [0.4, 0.5) is 5.82 Å². The number of rotatable bonds is 5. The Morgan fingerprint density at radius 2 is 2.25 bits per heavy atom. The van der Waals surface area contributed by atoms with Crippen LogP contribution >= 0.6 is 11.6 Å². The van der Waals surface area contributed by atoms with Crippen LogP contribution in [0.2, 0.25) is 5.15 Å². The summed E-state index contributed by atoms with van der Waals surface area (Å²) in [4.78, 5) is 18.5. The quantitative estimate of drug-likeness (QED) is 0.828. The van der Waals surface area contributed by atoms with Crippen molar-refractivity contribution in [2.24, 2.45) is 5.92 Å². The van der Waals surface area contributed by atoms with Crippen molar-refractivity contribution >= 4 is 23.4 Å². The average molecular weight is 244 g/mol. The van der Waals surface area contributed by atoms with Crippen molar-refractivity contribution in [1.29, 1.82) is 0 Å². The highest BCUT2D eigenvalue weighted by atomic mass is 35.5. The zero-order valence-electron chi connectivity index (χ0n) is 9.14. The minimum Gasteiger partial charge on any atom is -0.481 e. The highest BCUT2D eigenvalue weighted by Crippen LogP contribution is 2.14. The van der Waals surface area contributed by atoms with Crippen LogP contribution in [0.25, 0.3) is 0 Å². The van der Waals surface area contributed by atoms with Crippen LogP contribution in [0.15, 0.2) is 12.4 Å². The Kier molecular flexibility index (Phi) is 4.49. The van der Waals surface area contributed by atoms with Crippen LogP contribution in [-0.4, -0.2) is 27.1 Å². The predicted molar refractivity (Wildman–Crippen MR) is 61.5 cm³/mol. The fourth-order valence-corrected chi connectivity index (χ4v) is 1.39. The molecular formula is C10H14ClN3O2. The average Bonchev–Trinajstić information content (AvgIpc) is 2.15. The number of hydrogen-bond donors (Lipinski definition) is 2. The number of aliphatic carboxylic acids is 1. The first-order valence-corrected chi connectivity index (χ1v) is 5.32. The van der Waals surface area contributed by atoms with Crippen molar-refractivity contribution in [2.75, 3.05) is 5.32 Å². The highest BCUT2D eigenvalue weighted by molar-refractivity contribution is 6.29. The van der Waals surface area contributed by atoms with Crippen LogP contribution in [0, 0.1) is 5.92 Å². The number of anilines is 1. The van der Waals surface area contributed by atoms with Crippen molar-refractivity contribution in [3.05, 3.63) is 17.5 Å². The molecule has 0 spiro atoms. The second-order valence-corrected chi connectivity index (χ2v) is 4.21. The van der Waals surface area contributed by atoms with E-state index in [1.165, 1.54) is 12.4 Å². The van der Waals surface area contributed by atoms with Gasteiger partial charge in [0.15, 0.2) is 0 Å². The molecule has 0 bridgehead atoms. The van der Waals surface area contributed by atoms with Crippen LogP contribution in [0.5, 0.6) is 0 Å². The lowest BCUT2D eigenvalue weighted by Crippen LogP contribution is -2.29. The van der Waals surface area contributed by atoms with Gasteiger partial charge in [-0.1, -0.05) is 25.4 Å². The summed E-state index contributed by atoms with van der Waals surface area (Å²) in [5, 5.41) is 12.1. The van der Waals surface area contributed by atoms with E-state index in [1.54, 1.807) is 0 Å². The minimum absolute atomic E-state index is 0.0336. The molecule has 0 fully saturated rings. The number of halogens is 1. The Hall–Kier alpha value is -1.36. The molecular weight excluding hydrogens is 230 g/mol. The molecule has 1 aromatic rings. The maximum absolute atomic E-state index is 10.7. The Morgan fingerprint density at radius 1 is 1.56 bits per heavy atom. The summed E-state index contributed by atoms with van der Waals surface area (Å²) in [6.45, 7) is 3.89. The Morgan fingerprint density at radius 3 is 2.75 bits per heavy atom. The fraction of sp³-hybridized carbons (Fsp3) is 0.500. The molecule has 0 aliphatic carbocycles. The lowest BCUT2D eigenvalue weighted by molar-refractivity contribution is -0.137. The van der Waals surface area contributed by atoms with Crippen LogP contribution in [0.3, 0.4) is 0 Å². The van der Waals surface area contributed by atoms with Crippen molar-refractivity contribution < 1.29 is 9.90 Å². The van der Waals surface area contributed by atoms with Gasteiger partial charge in [-0.3, -0.25) is 9.78 Å². The van der Waals surface area contributed by atoms with E-state index in [0.29, 0.717) is 5.82 Å². The van der Waals surface area contributed by atoms with Crippen molar-refractivity contribution in [1.82, 2.24) is 9.97 Å². The number of aromatic nitrogens is 2. The minimum atomic E-state index is -0.846. The number of hydrogen-bond acceptors (Lipinski definition) is 4. The smallest absolute Gasteiger partial charge is 0.305 e. The van der Waals surface area contributed by atoms with Crippen LogP contribution < -0.4 is 5.32 Å². The molecule has 2 N–H and O–H groups in total. The lowest BCUT2D eigenvalue weighted by atomic mass is 10.0. The molecule has 16 heavy (non-hydrogen) atoms. The van der Waals surface area contributed by atoms with E-state index < -0.39 is 5.97 Å². The van der Waals surface area contributed by atoms with E-state index in [-0.39, 0.29) is 23.5 Å². The van der Waals surface area contributed by atoms with Crippen molar-refractivity contribution in [2.45, 2.75) is 26.3 Å². The number of nitrogens with zero attached hydrogens (tertiary/aromatic N) is 2. The number of carbonyl (C=O) groups is 1. The zero-order valence-corrected chi connectivity index (χ0v) is 9.90. The second-order valence-electron chi connectivity index (χ2n) is 3.82. The predicted octanol–water partition coefficient (Wildman–Crippen LogP) is 2.04. The summed E-state index contributed by atoms with van der Waals surface area (Å²) in [5.74, 6) is -0.175. The molecule has 1 aromatic heterocycles. The number of carboxylic acid groups (broad SMARTS) is 1. The molecule has 1 rings (SSSR count). The molecule has 1 unspecified atom stereocenters.